The lowest BCUT2D eigenvalue weighted by Gasteiger charge is -2.23. The maximum absolute atomic E-state index is 11.4. The second kappa shape index (κ2) is 5.47. The number of hydrogen-bond donors (Lipinski definition) is 2. The normalized spacial score (nSPS) is 10.1. The van der Waals surface area contributed by atoms with Crippen LogP contribution in [0.25, 0.3) is 0 Å². The molecule has 6 heteroatoms. The van der Waals surface area contributed by atoms with Crippen molar-refractivity contribution >= 4 is 17.5 Å². The monoisotopic (exact) mass is 237 g/mol. The number of nitrogens with zero attached hydrogens (tertiary/aromatic N) is 3. The molecule has 0 spiro atoms. The molecule has 0 radical (unpaired) electrons. The maximum atomic E-state index is 11.4. The standard InChI is InChI=1S/C11H19N5O/c1-5-16(6-9(17)13-4)11-7(2)10(12)14-8(3)15-11/h5-6H2,1-4H3,(H,13,17)(H2,12,14,15). The van der Waals surface area contributed by atoms with Crippen LogP contribution in [0.2, 0.25) is 0 Å². The summed E-state index contributed by atoms with van der Waals surface area (Å²) in [6, 6.07) is 0. The summed E-state index contributed by atoms with van der Waals surface area (Å²) in [6.07, 6.45) is 0. The molecule has 0 saturated carbocycles. The first-order valence-corrected chi connectivity index (χ1v) is 5.55. The minimum atomic E-state index is -0.0545. The van der Waals surface area contributed by atoms with Gasteiger partial charge in [0.1, 0.15) is 17.5 Å². The average molecular weight is 237 g/mol. The summed E-state index contributed by atoms with van der Waals surface area (Å²) >= 11 is 0. The number of amides is 1. The van der Waals surface area contributed by atoms with E-state index in [0.29, 0.717) is 18.2 Å². The zero-order valence-corrected chi connectivity index (χ0v) is 10.7. The van der Waals surface area contributed by atoms with Crippen molar-refractivity contribution in [1.82, 2.24) is 15.3 Å². The lowest BCUT2D eigenvalue weighted by molar-refractivity contribution is -0.119. The van der Waals surface area contributed by atoms with Gasteiger partial charge in [-0.15, -0.1) is 0 Å². The Labute approximate surface area is 101 Å². The van der Waals surface area contributed by atoms with Gasteiger partial charge in [0.05, 0.1) is 6.54 Å². The molecular weight excluding hydrogens is 218 g/mol. The number of carbonyl (C=O) groups excluding carboxylic acids is 1. The van der Waals surface area contributed by atoms with Crippen molar-refractivity contribution in [2.45, 2.75) is 20.8 Å². The fraction of sp³-hybridized carbons (Fsp3) is 0.545. The molecule has 1 heterocycles. The molecule has 0 unspecified atom stereocenters. The van der Waals surface area contributed by atoms with E-state index < -0.39 is 0 Å². The highest BCUT2D eigenvalue weighted by Gasteiger charge is 2.15. The zero-order chi connectivity index (χ0) is 13.0. The Balaban J connectivity index is 3.07. The van der Waals surface area contributed by atoms with Gasteiger partial charge in [0.2, 0.25) is 5.91 Å². The van der Waals surface area contributed by atoms with Gasteiger partial charge in [-0.25, -0.2) is 9.97 Å². The van der Waals surface area contributed by atoms with Crippen molar-refractivity contribution in [3.63, 3.8) is 0 Å². The van der Waals surface area contributed by atoms with E-state index in [-0.39, 0.29) is 12.5 Å². The highest BCUT2D eigenvalue weighted by Crippen LogP contribution is 2.20. The Morgan fingerprint density at radius 2 is 2.06 bits per heavy atom. The number of rotatable bonds is 4. The van der Waals surface area contributed by atoms with Gasteiger partial charge in [0, 0.05) is 19.2 Å². The van der Waals surface area contributed by atoms with E-state index in [1.807, 2.05) is 18.7 Å². The SMILES string of the molecule is CCN(CC(=O)NC)c1nc(C)nc(N)c1C. The van der Waals surface area contributed by atoms with E-state index >= 15 is 0 Å². The van der Waals surface area contributed by atoms with Gasteiger partial charge >= 0.3 is 0 Å². The molecule has 0 saturated heterocycles. The molecule has 1 amide bonds. The molecule has 3 N–H and O–H groups in total. The number of carbonyl (C=O) groups is 1. The van der Waals surface area contributed by atoms with Gasteiger partial charge in [-0.3, -0.25) is 4.79 Å². The smallest absolute Gasteiger partial charge is 0.239 e. The highest BCUT2D eigenvalue weighted by atomic mass is 16.1. The van der Waals surface area contributed by atoms with E-state index in [2.05, 4.69) is 15.3 Å². The average Bonchev–Trinajstić information content (AvgIpc) is 2.30. The van der Waals surface area contributed by atoms with Gasteiger partial charge in [-0.05, 0) is 20.8 Å². The molecular formula is C11H19N5O. The number of aromatic nitrogens is 2. The van der Waals surface area contributed by atoms with Gasteiger partial charge in [-0.1, -0.05) is 0 Å². The summed E-state index contributed by atoms with van der Waals surface area (Å²) in [5.74, 6) is 1.74. The van der Waals surface area contributed by atoms with Gasteiger partial charge in [0.25, 0.3) is 0 Å². The number of nitrogens with one attached hydrogen (secondary N) is 1. The molecule has 94 valence electrons. The van der Waals surface area contributed by atoms with E-state index in [1.165, 1.54) is 0 Å². The van der Waals surface area contributed by atoms with Crippen LogP contribution in [0.4, 0.5) is 11.6 Å². The summed E-state index contributed by atoms with van der Waals surface area (Å²) in [5.41, 5.74) is 6.61. The van der Waals surface area contributed by atoms with Crippen molar-refractivity contribution in [3.05, 3.63) is 11.4 Å². The Morgan fingerprint density at radius 3 is 2.59 bits per heavy atom. The third-order valence-corrected chi connectivity index (χ3v) is 2.56. The largest absolute Gasteiger partial charge is 0.383 e. The molecule has 1 aromatic heterocycles. The Bertz CT molecular complexity index is 419. The van der Waals surface area contributed by atoms with Crippen molar-refractivity contribution < 1.29 is 4.79 Å². The molecule has 0 bridgehead atoms. The molecule has 0 aliphatic heterocycles. The highest BCUT2D eigenvalue weighted by molar-refractivity contribution is 5.81. The van der Waals surface area contributed by atoms with Crippen molar-refractivity contribution in [3.8, 4) is 0 Å². The van der Waals surface area contributed by atoms with Gasteiger partial charge in [-0.2, -0.15) is 0 Å². The van der Waals surface area contributed by atoms with E-state index in [0.717, 1.165) is 11.4 Å². The Kier molecular flexibility index (Phi) is 4.25. The lowest BCUT2D eigenvalue weighted by atomic mass is 10.2. The van der Waals surface area contributed by atoms with Gasteiger partial charge < -0.3 is 16.0 Å². The van der Waals surface area contributed by atoms with Crippen LogP contribution in [0.1, 0.15) is 18.3 Å². The number of hydrogen-bond acceptors (Lipinski definition) is 5. The first-order valence-electron chi connectivity index (χ1n) is 5.55. The molecule has 0 atom stereocenters. The zero-order valence-electron chi connectivity index (χ0n) is 10.7. The lowest BCUT2D eigenvalue weighted by Crippen LogP contribution is -2.36. The van der Waals surface area contributed by atoms with Crippen LogP contribution in [0.5, 0.6) is 0 Å². The number of likely N-dealkylation sites (N-methyl/N-ethyl adjacent to an activating group) is 2. The number of nitrogens with two attached hydrogens (primary N) is 1. The minimum Gasteiger partial charge on any atom is -0.383 e. The number of nitrogen functional groups attached to an aromatic ring is 1. The fourth-order valence-corrected chi connectivity index (χ4v) is 1.53. The van der Waals surface area contributed by atoms with Crippen LogP contribution >= 0.6 is 0 Å². The summed E-state index contributed by atoms with van der Waals surface area (Å²) in [7, 11) is 1.61. The third-order valence-electron chi connectivity index (χ3n) is 2.56. The van der Waals surface area contributed by atoms with Gasteiger partial charge in [0.15, 0.2) is 0 Å². The maximum Gasteiger partial charge on any atom is 0.239 e. The van der Waals surface area contributed by atoms with Crippen LogP contribution in [0.3, 0.4) is 0 Å². The minimum absolute atomic E-state index is 0.0545. The number of anilines is 2. The van der Waals surface area contributed by atoms with Crippen molar-refractivity contribution in [2.75, 3.05) is 30.8 Å². The first-order chi connectivity index (χ1) is 7.99. The Morgan fingerprint density at radius 1 is 1.41 bits per heavy atom. The molecule has 1 rings (SSSR count). The summed E-state index contributed by atoms with van der Waals surface area (Å²) in [5, 5.41) is 2.59. The van der Waals surface area contributed by atoms with E-state index in [9.17, 15) is 4.79 Å². The fourth-order valence-electron chi connectivity index (χ4n) is 1.53. The molecule has 0 fully saturated rings. The molecule has 1 aromatic rings. The topological polar surface area (TPSA) is 84.1 Å². The van der Waals surface area contributed by atoms with Crippen molar-refractivity contribution in [1.29, 1.82) is 0 Å². The second-order valence-corrected chi connectivity index (χ2v) is 3.79. The predicted octanol–water partition coefficient (Wildman–Crippen LogP) is 0.248. The van der Waals surface area contributed by atoms with Crippen LogP contribution in [-0.2, 0) is 4.79 Å². The molecule has 17 heavy (non-hydrogen) atoms. The predicted molar refractivity (Wildman–Crippen MR) is 67.9 cm³/mol. The van der Waals surface area contributed by atoms with Crippen LogP contribution in [0, 0.1) is 13.8 Å². The Hall–Kier alpha value is -1.85. The number of aryl methyl sites for hydroxylation is 1. The summed E-state index contributed by atoms with van der Waals surface area (Å²) < 4.78 is 0. The van der Waals surface area contributed by atoms with Crippen LogP contribution in [-0.4, -0.2) is 36.0 Å². The molecule has 0 aliphatic rings. The molecule has 0 aromatic carbocycles. The van der Waals surface area contributed by atoms with E-state index in [1.54, 1.807) is 14.0 Å². The summed E-state index contributed by atoms with van der Waals surface area (Å²) in [6.45, 7) is 6.56. The molecule has 6 nitrogen and oxygen atoms in total. The summed E-state index contributed by atoms with van der Waals surface area (Å²) in [4.78, 5) is 21.7. The molecule has 0 aliphatic carbocycles. The van der Waals surface area contributed by atoms with E-state index in [4.69, 9.17) is 5.73 Å². The van der Waals surface area contributed by atoms with Crippen molar-refractivity contribution in [2.24, 2.45) is 0 Å². The van der Waals surface area contributed by atoms with Crippen LogP contribution in [0.15, 0.2) is 0 Å². The quantitative estimate of drug-likeness (QED) is 0.784. The first kappa shape index (κ1) is 13.2. The second-order valence-electron chi connectivity index (χ2n) is 3.79. The third kappa shape index (κ3) is 3.05. The van der Waals surface area contributed by atoms with Crippen LogP contribution < -0.4 is 16.0 Å².